The van der Waals surface area contributed by atoms with Crippen molar-refractivity contribution in [2.45, 2.75) is 13.5 Å². The molecule has 0 spiro atoms. The predicted molar refractivity (Wildman–Crippen MR) is 72.3 cm³/mol. The highest BCUT2D eigenvalue weighted by atomic mass is 32.1. The van der Waals surface area contributed by atoms with Gasteiger partial charge in [-0.25, -0.2) is 0 Å². The summed E-state index contributed by atoms with van der Waals surface area (Å²) in [6, 6.07) is 11.7. The van der Waals surface area contributed by atoms with Gasteiger partial charge in [0.2, 0.25) is 0 Å². The monoisotopic (exact) mass is 253 g/mol. The summed E-state index contributed by atoms with van der Waals surface area (Å²) < 4.78 is 0. The van der Waals surface area contributed by atoms with E-state index >= 15 is 0 Å². The first-order valence-electron chi connectivity index (χ1n) is 5.45. The fraction of sp³-hybridized carbons (Fsp3) is 0.143. The van der Waals surface area contributed by atoms with Gasteiger partial charge in [-0.05, 0) is 30.7 Å². The van der Waals surface area contributed by atoms with Gasteiger partial charge in [-0.2, -0.15) is 10.5 Å². The van der Waals surface area contributed by atoms with E-state index in [1.54, 1.807) is 17.4 Å². The molecule has 1 aromatic carbocycles. The Kier molecular flexibility index (Phi) is 3.62. The SMILES string of the molecule is Cc1ccc(C#N)cc1NCc1cc(C#N)cs1. The molecule has 0 fully saturated rings. The summed E-state index contributed by atoms with van der Waals surface area (Å²) >= 11 is 1.56. The molecule has 0 bridgehead atoms. The number of thiophene rings is 1. The number of nitrogens with one attached hydrogen (secondary N) is 1. The molecule has 0 saturated heterocycles. The van der Waals surface area contributed by atoms with Crippen LogP contribution in [0, 0.1) is 29.6 Å². The Bertz CT molecular complexity index is 644. The molecule has 0 aliphatic rings. The topological polar surface area (TPSA) is 59.6 Å². The Labute approximate surface area is 110 Å². The summed E-state index contributed by atoms with van der Waals surface area (Å²) in [5.41, 5.74) is 3.40. The highest BCUT2D eigenvalue weighted by Crippen LogP contribution is 2.20. The number of nitriles is 2. The molecule has 1 N–H and O–H groups in total. The van der Waals surface area contributed by atoms with Crippen molar-refractivity contribution in [3.63, 3.8) is 0 Å². The normalized spacial score (nSPS) is 9.50. The molecule has 1 heterocycles. The number of aryl methyl sites for hydroxylation is 1. The summed E-state index contributed by atoms with van der Waals surface area (Å²) in [5.74, 6) is 0. The highest BCUT2D eigenvalue weighted by molar-refractivity contribution is 7.10. The lowest BCUT2D eigenvalue weighted by Gasteiger charge is -2.08. The molecule has 18 heavy (non-hydrogen) atoms. The van der Waals surface area contributed by atoms with Gasteiger partial charge in [-0.1, -0.05) is 6.07 Å². The Morgan fingerprint density at radius 3 is 2.61 bits per heavy atom. The fourth-order valence-electron chi connectivity index (χ4n) is 1.60. The van der Waals surface area contributed by atoms with E-state index in [9.17, 15) is 0 Å². The second-order valence-corrected chi connectivity index (χ2v) is 4.90. The van der Waals surface area contributed by atoms with E-state index < -0.39 is 0 Å². The van der Waals surface area contributed by atoms with Gasteiger partial charge >= 0.3 is 0 Å². The zero-order valence-corrected chi connectivity index (χ0v) is 10.7. The van der Waals surface area contributed by atoms with Crippen molar-refractivity contribution in [2.75, 3.05) is 5.32 Å². The molecular formula is C14H11N3S. The zero-order valence-electron chi connectivity index (χ0n) is 9.90. The van der Waals surface area contributed by atoms with Crippen LogP contribution in [-0.2, 0) is 6.54 Å². The van der Waals surface area contributed by atoms with Crippen LogP contribution in [0.1, 0.15) is 21.6 Å². The fourth-order valence-corrected chi connectivity index (χ4v) is 2.35. The summed E-state index contributed by atoms with van der Waals surface area (Å²) in [6.07, 6.45) is 0. The lowest BCUT2D eigenvalue weighted by atomic mass is 10.1. The van der Waals surface area contributed by atoms with Crippen molar-refractivity contribution in [3.8, 4) is 12.1 Å². The molecule has 88 valence electrons. The Morgan fingerprint density at radius 2 is 1.94 bits per heavy atom. The van der Waals surface area contributed by atoms with E-state index in [-0.39, 0.29) is 0 Å². The average Bonchev–Trinajstić information content (AvgIpc) is 2.86. The van der Waals surface area contributed by atoms with Gasteiger partial charge in [-0.15, -0.1) is 11.3 Å². The highest BCUT2D eigenvalue weighted by Gasteiger charge is 2.02. The third-order valence-electron chi connectivity index (χ3n) is 2.60. The van der Waals surface area contributed by atoms with Gasteiger partial charge in [0, 0.05) is 22.5 Å². The van der Waals surface area contributed by atoms with Crippen molar-refractivity contribution in [1.29, 1.82) is 10.5 Å². The molecule has 0 aliphatic carbocycles. The maximum Gasteiger partial charge on any atom is 0.100 e. The number of anilines is 1. The van der Waals surface area contributed by atoms with Crippen LogP contribution in [0.25, 0.3) is 0 Å². The number of hydrogen-bond donors (Lipinski definition) is 1. The van der Waals surface area contributed by atoms with Crippen molar-refractivity contribution in [2.24, 2.45) is 0 Å². The summed E-state index contributed by atoms with van der Waals surface area (Å²) in [5, 5.41) is 22.7. The molecule has 0 saturated carbocycles. The molecule has 2 aromatic rings. The maximum absolute atomic E-state index is 8.86. The summed E-state index contributed by atoms with van der Waals surface area (Å²) in [4.78, 5) is 1.10. The van der Waals surface area contributed by atoms with Gasteiger partial charge in [0.05, 0.1) is 17.2 Å². The molecule has 3 nitrogen and oxygen atoms in total. The average molecular weight is 253 g/mol. The molecule has 2 rings (SSSR count). The zero-order chi connectivity index (χ0) is 13.0. The number of benzene rings is 1. The van der Waals surface area contributed by atoms with Gasteiger partial charge in [-0.3, -0.25) is 0 Å². The summed E-state index contributed by atoms with van der Waals surface area (Å²) in [7, 11) is 0. The first-order valence-corrected chi connectivity index (χ1v) is 6.33. The van der Waals surface area contributed by atoms with Gasteiger partial charge in [0.1, 0.15) is 6.07 Å². The van der Waals surface area contributed by atoms with Crippen LogP contribution in [0.4, 0.5) is 5.69 Å². The van der Waals surface area contributed by atoms with E-state index in [0.29, 0.717) is 17.7 Å². The second kappa shape index (κ2) is 5.35. The standard InChI is InChI=1S/C14H11N3S/c1-10-2-3-11(6-15)5-14(10)17-8-13-4-12(7-16)9-18-13/h2-5,9,17H,8H2,1H3. The largest absolute Gasteiger partial charge is 0.380 e. The molecule has 4 heteroatoms. The maximum atomic E-state index is 8.86. The van der Waals surface area contributed by atoms with Crippen molar-refractivity contribution in [3.05, 3.63) is 51.2 Å². The van der Waals surface area contributed by atoms with E-state index in [4.69, 9.17) is 10.5 Å². The molecule has 0 amide bonds. The predicted octanol–water partition coefficient (Wildman–Crippen LogP) is 3.41. The lowest BCUT2D eigenvalue weighted by molar-refractivity contribution is 1.18. The Morgan fingerprint density at radius 1 is 1.17 bits per heavy atom. The van der Waals surface area contributed by atoms with Gasteiger partial charge < -0.3 is 5.32 Å². The van der Waals surface area contributed by atoms with Crippen LogP contribution < -0.4 is 5.32 Å². The molecule has 0 atom stereocenters. The molecule has 0 radical (unpaired) electrons. The van der Waals surface area contributed by atoms with E-state index in [1.807, 2.05) is 30.5 Å². The second-order valence-electron chi connectivity index (χ2n) is 3.91. The number of rotatable bonds is 3. The lowest BCUT2D eigenvalue weighted by Crippen LogP contribution is -1.99. The van der Waals surface area contributed by atoms with Gasteiger partial charge in [0.15, 0.2) is 0 Å². The van der Waals surface area contributed by atoms with Crippen molar-refractivity contribution < 1.29 is 0 Å². The van der Waals surface area contributed by atoms with Crippen molar-refractivity contribution in [1.82, 2.24) is 0 Å². The van der Waals surface area contributed by atoms with Crippen LogP contribution in [0.5, 0.6) is 0 Å². The quantitative estimate of drug-likeness (QED) is 0.911. The van der Waals surface area contributed by atoms with E-state index in [2.05, 4.69) is 17.5 Å². The molecular weight excluding hydrogens is 242 g/mol. The van der Waals surface area contributed by atoms with Crippen LogP contribution in [0.3, 0.4) is 0 Å². The van der Waals surface area contributed by atoms with E-state index in [1.165, 1.54) is 0 Å². The summed E-state index contributed by atoms with van der Waals surface area (Å²) in [6.45, 7) is 2.67. The van der Waals surface area contributed by atoms with E-state index in [0.717, 1.165) is 16.1 Å². The minimum atomic E-state index is 0.645. The van der Waals surface area contributed by atoms with Crippen LogP contribution in [0.2, 0.25) is 0 Å². The first kappa shape index (κ1) is 12.2. The minimum Gasteiger partial charge on any atom is -0.380 e. The Balaban J connectivity index is 2.11. The number of nitrogens with zero attached hydrogens (tertiary/aromatic N) is 2. The number of hydrogen-bond acceptors (Lipinski definition) is 4. The molecule has 0 aliphatic heterocycles. The molecule has 0 unspecified atom stereocenters. The third-order valence-corrected chi connectivity index (χ3v) is 3.54. The molecule has 1 aromatic heterocycles. The first-order chi connectivity index (χ1) is 8.72. The van der Waals surface area contributed by atoms with Gasteiger partial charge in [0.25, 0.3) is 0 Å². The minimum absolute atomic E-state index is 0.645. The third kappa shape index (κ3) is 2.68. The van der Waals surface area contributed by atoms with Crippen LogP contribution >= 0.6 is 11.3 Å². The smallest absolute Gasteiger partial charge is 0.100 e. The Hall–Kier alpha value is -2.30. The van der Waals surface area contributed by atoms with Crippen LogP contribution in [0.15, 0.2) is 29.6 Å². The van der Waals surface area contributed by atoms with Crippen molar-refractivity contribution >= 4 is 17.0 Å². The van der Waals surface area contributed by atoms with Crippen LogP contribution in [-0.4, -0.2) is 0 Å².